The Labute approximate surface area is 116 Å². The van der Waals surface area contributed by atoms with Gasteiger partial charge in [0.2, 0.25) is 0 Å². The van der Waals surface area contributed by atoms with Crippen LogP contribution in [-0.2, 0) is 10.2 Å². The lowest BCUT2D eigenvalue weighted by Crippen LogP contribution is -2.21. The van der Waals surface area contributed by atoms with Crippen molar-refractivity contribution in [3.8, 4) is 0 Å². The lowest BCUT2D eigenvalue weighted by atomic mass is 10.3. The molecule has 0 saturated heterocycles. The number of anilines is 2. The molecule has 8 heteroatoms. The first-order valence-corrected chi connectivity index (χ1v) is 7.16. The standard InChI is InChI=1S/C12H13N3O4S/c1-8-5-6-11(19-8)12(16)14-9-3-2-4-10(7-9)15-20(13,17)18/h2-7,15H,1H3,(H,14,16)(H2,13,17,18). The summed E-state index contributed by atoms with van der Waals surface area (Å²) in [5, 5.41) is 7.46. The van der Waals surface area contributed by atoms with E-state index in [9.17, 15) is 13.2 Å². The molecule has 0 atom stereocenters. The maximum atomic E-state index is 11.9. The third kappa shape index (κ3) is 3.84. The van der Waals surface area contributed by atoms with E-state index in [2.05, 4.69) is 10.0 Å². The van der Waals surface area contributed by atoms with Crippen LogP contribution in [0.2, 0.25) is 0 Å². The van der Waals surface area contributed by atoms with Gasteiger partial charge in [0.1, 0.15) is 5.76 Å². The molecular formula is C12H13N3O4S. The highest BCUT2D eigenvalue weighted by Gasteiger charge is 2.10. The number of carbonyl (C=O) groups excluding carboxylic acids is 1. The second-order valence-corrected chi connectivity index (χ2v) is 5.39. The highest BCUT2D eigenvalue weighted by atomic mass is 32.2. The van der Waals surface area contributed by atoms with Crippen LogP contribution < -0.4 is 15.2 Å². The maximum absolute atomic E-state index is 11.9. The first-order chi connectivity index (χ1) is 9.33. The largest absolute Gasteiger partial charge is 0.456 e. The number of rotatable bonds is 4. The Morgan fingerprint density at radius 1 is 1.20 bits per heavy atom. The Hall–Kier alpha value is -2.32. The minimum Gasteiger partial charge on any atom is -0.456 e. The summed E-state index contributed by atoms with van der Waals surface area (Å²) < 4.78 is 29.1. The van der Waals surface area contributed by atoms with Gasteiger partial charge in [0, 0.05) is 5.69 Å². The molecule has 1 amide bonds. The average Bonchev–Trinajstić information content (AvgIpc) is 2.74. The molecule has 20 heavy (non-hydrogen) atoms. The Morgan fingerprint density at radius 3 is 2.50 bits per heavy atom. The van der Waals surface area contributed by atoms with Gasteiger partial charge >= 0.3 is 0 Å². The minimum absolute atomic E-state index is 0.173. The predicted molar refractivity (Wildman–Crippen MR) is 74.6 cm³/mol. The van der Waals surface area contributed by atoms with Crippen molar-refractivity contribution in [2.24, 2.45) is 5.14 Å². The van der Waals surface area contributed by atoms with Crippen LogP contribution in [0.5, 0.6) is 0 Å². The molecule has 7 nitrogen and oxygen atoms in total. The van der Waals surface area contributed by atoms with E-state index in [-0.39, 0.29) is 11.4 Å². The molecule has 2 rings (SSSR count). The number of nitrogens with one attached hydrogen (secondary N) is 2. The number of amides is 1. The van der Waals surface area contributed by atoms with Crippen LogP contribution in [0.1, 0.15) is 16.3 Å². The summed E-state index contributed by atoms with van der Waals surface area (Å²) in [6.45, 7) is 1.73. The molecule has 0 radical (unpaired) electrons. The number of carbonyl (C=O) groups is 1. The summed E-state index contributed by atoms with van der Waals surface area (Å²) in [5.74, 6) is 0.373. The van der Waals surface area contributed by atoms with Crippen molar-refractivity contribution in [3.05, 3.63) is 47.9 Å². The van der Waals surface area contributed by atoms with E-state index in [1.54, 1.807) is 31.2 Å². The topological polar surface area (TPSA) is 114 Å². The zero-order valence-electron chi connectivity index (χ0n) is 10.6. The molecule has 0 aliphatic rings. The summed E-state index contributed by atoms with van der Waals surface area (Å²) in [6.07, 6.45) is 0. The van der Waals surface area contributed by atoms with E-state index in [0.29, 0.717) is 11.4 Å². The van der Waals surface area contributed by atoms with Gasteiger partial charge in [0.15, 0.2) is 5.76 Å². The number of benzene rings is 1. The third-order valence-electron chi connectivity index (χ3n) is 2.34. The Balaban J connectivity index is 2.14. The average molecular weight is 295 g/mol. The molecule has 0 unspecified atom stereocenters. The normalized spacial score (nSPS) is 11.1. The van der Waals surface area contributed by atoms with Gasteiger partial charge in [0.25, 0.3) is 16.1 Å². The summed E-state index contributed by atoms with van der Waals surface area (Å²) in [7, 11) is -3.85. The zero-order chi connectivity index (χ0) is 14.8. The van der Waals surface area contributed by atoms with Crippen LogP contribution in [0.25, 0.3) is 0 Å². The van der Waals surface area contributed by atoms with E-state index in [4.69, 9.17) is 9.56 Å². The third-order valence-corrected chi connectivity index (χ3v) is 2.86. The van der Waals surface area contributed by atoms with Crippen LogP contribution >= 0.6 is 0 Å². The fraction of sp³-hybridized carbons (Fsp3) is 0.0833. The molecule has 1 aromatic carbocycles. The zero-order valence-corrected chi connectivity index (χ0v) is 11.4. The summed E-state index contributed by atoms with van der Waals surface area (Å²) in [6, 6.07) is 9.37. The fourth-order valence-corrected chi connectivity index (χ4v) is 2.03. The van der Waals surface area contributed by atoms with Crippen molar-refractivity contribution in [3.63, 3.8) is 0 Å². The minimum atomic E-state index is -3.85. The van der Waals surface area contributed by atoms with Gasteiger partial charge in [-0.3, -0.25) is 9.52 Å². The number of nitrogens with two attached hydrogens (primary N) is 1. The van der Waals surface area contributed by atoms with Crippen LogP contribution in [0.15, 0.2) is 40.8 Å². The van der Waals surface area contributed by atoms with Crippen molar-refractivity contribution in [1.82, 2.24) is 0 Å². The monoisotopic (exact) mass is 295 g/mol. The van der Waals surface area contributed by atoms with E-state index in [1.807, 2.05) is 0 Å². The van der Waals surface area contributed by atoms with E-state index in [0.717, 1.165) is 0 Å². The molecule has 0 saturated carbocycles. The van der Waals surface area contributed by atoms with E-state index < -0.39 is 16.1 Å². The van der Waals surface area contributed by atoms with Crippen molar-refractivity contribution in [2.45, 2.75) is 6.92 Å². The van der Waals surface area contributed by atoms with Gasteiger partial charge < -0.3 is 9.73 Å². The Morgan fingerprint density at radius 2 is 1.90 bits per heavy atom. The molecule has 1 aromatic heterocycles. The van der Waals surface area contributed by atoms with Gasteiger partial charge in [-0.2, -0.15) is 8.42 Å². The summed E-state index contributed by atoms with van der Waals surface area (Å²) in [5.41, 5.74) is 0.665. The number of hydrogen-bond acceptors (Lipinski definition) is 4. The first-order valence-electron chi connectivity index (χ1n) is 5.62. The second kappa shape index (κ2) is 5.35. The summed E-state index contributed by atoms with van der Waals surface area (Å²) >= 11 is 0. The Kier molecular flexibility index (Phi) is 3.77. The van der Waals surface area contributed by atoms with Crippen molar-refractivity contribution in [2.75, 3.05) is 10.0 Å². The predicted octanol–water partition coefficient (Wildman–Crippen LogP) is 1.46. The lowest BCUT2D eigenvalue weighted by Gasteiger charge is -2.07. The van der Waals surface area contributed by atoms with Crippen LogP contribution in [-0.4, -0.2) is 14.3 Å². The van der Waals surface area contributed by atoms with Gasteiger partial charge in [-0.05, 0) is 37.3 Å². The Bertz CT molecular complexity index is 737. The molecule has 0 bridgehead atoms. The van der Waals surface area contributed by atoms with Gasteiger partial charge in [-0.15, -0.1) is 0 Å². The molecule has 0 spiro atoms. The molecule has 106 valence electrons. The molecule has 0 fully saturated rings. The van der Waals surface area contributed by atoms with E-state index >= 15 is 0 Å². The number of hydrogen-bond donors (Lipinski definition) is 3. The molecule has 0 aliphatic heterocycles. The fourth-order valence-electron chi connectivity index (χ4n) is 1.57. The highest BCUT2D eigenvalue weighted by Crippen LogP contribution is 2.17. The molecular weight excluding hydrogens is 282 g/mol. The van der Waals surface area contributed by atoms with Gasteiger partial charge in [0.05, 0.1) is 5.69 Å². The summed E-state index contributed by atoms with van der Waals surface area (Å²) in [4.78, 5) is 11.9. The van der Waals surface area contributed by atoms with Gasteiger partial charge in [-0.1, -0.05) is 6.07 Å². The number of aryl methyl sites for hydroxylation is 1. The first kappa shape index (κ1) is 14.1. The van der Waals surface area contributed by atoms with Crippen LogP contribution in [0, 0.1) is 6.92 Å². The van der Waals surface area contributed by atoms with Gasteiger partial charge in [-0.25, -0.2) is 5.14 Å². The molecule has 2 aromatic rings. The molecule has 4 N–H and O–H groups in total. The van der Waals surface area contributed by atoms with Crippen molar-refractivity contribution < 1.29 is 17.6 Å². The number of furan rings is 1. The molecule has 0 aliphatic carbocycles. The highest BCUT2D eigenvalue weighted by molar-refractivity contribution is 7.90. The lowest BCUT2D eigenvalue weighted by molar-refractivity contribution is 0.0995. The van der Waals surface area contributed by atoms with E-state index in [1.165, 1.54) is 12.1 Å². The quantitative estimate of drug-likeness (QED) is 0.792. The smallest absolute Gasteiger partial charge is 0.296 e. The van der Waals surface area contributed by atoms with Crippen molar-refractivity contribution >= 4 is 27.5 Å². The second-order valence-electron chi connectivity index (χ2n) is 4.09. The van der Waals surface area contributed by atoms with Crippen LogP contribution in [0.4, 0.5) is 11.4 Å². The van der Waals surface area contributed by atoms with Crippen LogP contribution in [0.3, 0.4) is 0 Å². The SMILES string of the molecule is Cc1ccc(C(=O)Nc2cccc(NS(N)(=O)=O)c2)o1. The molecule has 1 heterocycles. The maximum Gasteiger partial charge on any atom is 0.296 e. The van der Waals surface area contributed by atoms with Crippen molar-refractivity contribution in [1.29, 1.82) is 0 Å².